The van der Waals surface area contributed by atoms with Gasteiger partial charge < -0.3 is 5.32 Å². The van der Waals surface area contributed by atoms with E-state index in [2.05, 4.69) is 12.2 Å². The highest BCUT2D eigenvalue weighted by molar-refractivity contribution is 6.33. The molecule has 0 spiro atoms. The third kappa shape index (κ3) is 6.80. The van der Waals surface area contributed by atoms with Gasteiger partial charge in [-0.05, 0) is 24.6 Å². The molecular weight excluding hydrogens is 404 g/mol. The van der Waals surface area contributed by atoms with Crippen LogP contribution in [-0.4, -0.2) is 17.4 Å². The van der Waals surface area contributed by atoms with E-state index in [0.717, 1.165) is 35.0 Å². The number of amides is 1. The molecule has 0 saturated heterocycles. The van der Waals surface area contributed by atoms with E-state index in [1.54, 1.807) is 0 Å². The molecule has 0 aliphatic carbocycles. The molecule has 3 aromatic rings. The fourth-order valence-electron chi connectivity index (χ4n) is 3.90. The van der Waals surface area contributed by atoms with Gasteiger partial charge in [-0.1, -0.05) is 106 Å². The minimum atomic E-state index is -0.0496. The summed E-state index contributed by atoms with van der Waals surface area (Å²) in [6.07, 6.45) is 11.4. The molecular formula is C27H33ClN2O. The number of halogens is 1. The Kier molecular flexibility index (Phi) is 9.36. The zero-order chi connectivity index (χ0) is 21.9. The maximum Gasteiger partial charge on any atom is 0.252 e. The molecule has 1 N–H and O–H groups in total. The molecule has 0 aliphatic heterocycles. The summed E-state index contributed by atoms with van der Waals surface area (Å²) in [5, 5.41) is 4.60. The summed E-state index contributed by atoms with van der Waals surface area (Å²) >= 11 is 6.38. The van der Waals surface area contributed by atoms with E-state index in [1.165, 1.54) is 44.9 Å². The third-order valence-corrected chi connectivity index (χ3v) is 6.01. The summed E-state index contributed by atoms with van der Waals surface area (Å²) in [7, 11) is 0. The van der Waals surface area contributed by atoms with Gasteiger partial charge in [0.25, 0.3) is 5.91 Å². The Morgan fingerprint density at radius 1 is 0.871 bits per heavy atom. The molecule has 0 radical (unpaired) electrons. The lowest BCUT2D eigenvalue weighted by Gasteiger charge is -2.11. The number of unbranched alkanes of at least 4 members (excludes halogenated alkanes) is 8. The predicted octanol–water partition coefficient (Wildman–Crippen LogP) is 7.82. The molecule has 0 unspecified atom stereocenters. The highest BCUT2D eigenvalue weighted by Gasteiger charge is 2.14. The first-order chi connectivity index (χ1) is 15.2. The second-order valence-electron chi connectivity index (χ2n) is 8.14. The molecule has 0 atom stereocenters. The van der Waals surface area contributed by atoms with Gasteiger partial charge in [-0.25, -0.2) is 4.98 Å². The van der Waals surface area contributed by atoms with Gasteiger partial charge >= 0.3 is 0 Å². The van der Waals surface area contributed by atoms with Crippen molar-refractivity contribution in [1.29, 1.82) is 0 Å². The fraction of sp³-hybridized carbons (Fsp3) is 0.407. The van der Waals surface area contributed by atoms with E-state index in [4.69, 9.17) is 16.6 Å². The van der Waals surface area contributed by atoms with Crippen LogP contribution in [0.15, 0.2) is 54.6 Å². The molecule has 31 heavy (non-hydrogen) atoms. The van der Waals surface area contributed by atoms with Crippen molar-refractivity contribution in [2.75, 3.05) is 6.54 Å². The van der Waals surface area contributed by atoms with Gasteiger partial charge in [-0.3, -0.25) is 4.79 Å². The summed E-state index contributed by atoms with van der Waals surface area (Å²) in [4.78, 5) is 17.7. The van der Waals surface area contributed by atoms with Crippen LogP contribution in [0.3, 0.4) is 0 Å². The van der Waals surface area contributed by atoms with Gasteiger partial charge in [0.2, 0.25) is 0 Å². The molecule has 3 nitrogen and oxygen atoms in total. The number of carbonyl (C=O) groups is 1. The van der Waals surface area contributed by atoms with Crippen LogP contribution in [0.2, 0.25) is 5.02 Å². The molecule has 2 aromatic carbocycles. The SMILES string of the molecule is CCCCCCCCCCCNC(=O)c1cc(-c2ccccc2Cl)nc2ccccc12. The molecule has 0 fully saturated rings. The fourth-order valence-corrected chi connectivity index (χ4v) is 4.14. The van der Waals surface area contributed by atoms with Gasteiger partial charge in [0.05, 0.1) is 16.8 Å². The molecule has 1 amide bonds. The Morgan fingerprint density at radius 2 is 1.52 bits per heavy atom. The number of benzene rings is 2. The lowest BCUT2D eigenvalue weighted by atomic mass is 10.0. The Labute approximate surface area is 191 Å². The van der Waals surface area contributed by atoms with Gasteiger partial charge in [-0.15, -0.1) is 0 Å². The molecule has 0 saturated carbocycles. The first-order valence-electron chi connectivity index (χ1n) is 11.6. The monoisotopic (exact) mass is 436 g/mol. The summed E-state index contributed by atoms with van der Waals surface area (Å²) in [5.41, 5.74) is 3.00. The van der Waals surface area contributed by atoms with E-state index >= 15 is 0 Å². The zero-order valence-corrected chi connectivity index (χ0v) is 19.3. The number of fused-ring (bicyclic) bond motifs is 1. The average Bonchev–Trinajstić information content (AvgIpc) is 2.79. The van der Waals surface area contributed by atoms with Crippen molar-refractivity contribution >= 4 is 28.4 Å². The summed E-state index contributed by atoms with van der Waals surface area (Å²) in [6.45, 7) is 2.95. The molecule has 0 bridgehead atoms. The van der Waals surface area contributed by atoms with Crippen LogP contribution in [0.5, 0.6) is 0 Å². The molecule has 1 aromatic heterocycles. The molecule has 4 heteroatoms. The van der Waals surface area contributed by atoms with E-state index in [9.17, 15) is 4.79 Å². The van der Waals surface area contributed by atoms with Crippen LogP contribution in [0, 0.1) is 0 Å². The maximum absolute atomic E-state index is 13.0. The van der Waals surface area contributed by atoms with Gasteiger partial charge in [0.15, 0.2) is 0 Å². The molecule has 3 rings (SSSR count). The minimum Gasteiger partial charge on any atom is -0.352 e. The van der Waals surface area contributed by atoms with E-state index in [1.807, 2.05) is 54.6 Å². The molecule has 1 heterocycles. The highest BCUT2D eigenvalue weighted by Crippen LogP contribution is 2.29. The van der Waals surface area contributed by atoms with Crippen molar-refractivity contribution in [3.05, 3.63) is 65.2 Å². The standard InChI is InChI=1S/C27H33ClN2O/c1-2-3-4-5-6-7-8-9-14-19-29-27(31)23-20-26(22-16-10-12-17-24(22)28)30-25-18-13-11-15-21(23)25/h10-13,15-18,20H,2-9,14,19H2,1H3,(H,29,31). The zero-order valence-electron chi connectivity index (χ0n) is 18.5. The Bertz CT molecular complexity index is 986. The largest absolute Gasteiger partial charge is 0.352 e. The van der Waals surface area contributed by atoms with E-state index < -0.39 is 0 Å². The van der Waals surface area contributed by atoms with Crippen molar-refractivity contribution in [2.45, 2.75) is 64.7 Å². The van der Waals surface area contributed by atoms with Gasteiger partial charge in [0, 0.05) is 22.5 Å². The number of para-hydroxylation sites is 1. The van der Waals surface area contributed by atoms with E-state index in [0.29, 0.717) is 17.1 Å². The van der Waals surface area contributed by atoms with E-state index in [-0.39, 0.29) is 5.91 Å². The molecule has 0 aliphatic rings. The van der Waals surface area contributed by atoms with Gasteiger partial charge in [0.1, 0.15) is 0 Å². The van der Waals surface area contributed by atoms with Crippen LogP contribution in [-0.2, 0) is 0 Å². The third-order valence-electron chi connectivity index (χ3n) is 5.68. The summed E-state index contributed by atoms with van der Waals surface area (Å²) < 4.78 is 0. The highest BCUT2D eigenvalue weighted by atomic mass is 35.5. The van der Waals surface area contributed by atoms with Gasteiger partial charge in [-0.2, -0.15) is 0 Å². The molecule has 164 valence electrons. The number of pyridine rings is 1. The Balaban J connectivity index is 1.59. The average molecular weight is 437 g/mol. The number of aromatic nitrogens is 1. The van der Waals surface area contributed by atoms with Crippen LogP contribution in [0.25, 0.3) is 22.2 Å². The maximum atomic E-state index is 13.0. The predicted molar refractivity (Wildman–Crippen MR) is 132 cm³/mol. The Morgan fingerprint density at radius 3 is 2.26 bits per heavy atom. The number of carbonyl (C=O) groups excluding carboxylic acids is 1. The topological polar surface area (TPSA) is 42.0 Å². The van der Waals surface area contributed by atoms with Crippen molar-refractivity contribution in [3.63, 3.8) is 0 Å². The smallest absolute Gasteiger partial charge is 0.252 e. The Hall–Kier alpha value is -2.39. The van der Waals surface area contributed by atoms with Crippen molar-refractivity contribution in [2.24, 2.45) is 0 Å². The second kappa shape index (κ2) is 12.5. The lowest BCUT2D eigenvalue weighted by Crippen LogP contribution is -2.24. The lowest BCUT2D eigenvalue weighted by molar-refractivity contribution is 0.0954. The van der Waals surface area contributed by atoms with Crippen LogP contribution >= 0.6 is 11.6 Å². The van der Waals surface area contributed by atoms with Crippen LogP contribution < -0.4 is 5.32 Å². The van der Waals surface area contributed by atoms with Crippen molar-refractivity contribution < 1.29 is 4.79 Å². The summed E-state index contributed by atoms with van der Waals surface area (Å²) in [6, 6.07) is 17.2. The van der Waals surface area contributed by atoms with Crippen LogP contribution in [0.4, 0.5) is 0 Å². The summed E-state index contributed by atoms with van der Waals surface area (Å²) in [5.74, 6) is -0.0496. The first kappa shape index (κ1) is 23.3. The van der Waals surface area contributed by atoms with Crippen LogP contribution in [0.1, 0.15) is 75.1 Å². The quantitative estimate of drug-likeness (QED) is 0.294. The number of nitrogens with zero attached hydrogens (tertiary/aromatic N) is 1. The number of rotatable bonds is 12. The minimum absolute atomic E-state index is 0.0496. The second-order valence-corrected chi connectivity index (χ2v) is 8.54. The first-order valence-corrected chi connectivity index (χ1v) is 12.0. The van der Waals surface area contributed by atoms with Crippen molar-refractivity contribution in [3.8, 4) is 11.3 Å². The number of nitrogens with one attached hydrogen (secondary N) is 1. The normalized spacial score (nSPS) is 11.0. The number of hydrogen-bond donors (Lipinski definition) is 1. The van der Waals surface area contributed by atoms with Crippen molar-refractivity contribution in [1.82, 2.24) is 10.3 Å². The number of hydrogen-bond acceptors (Lipinski definition) is 2.